The summed E-state index contributed by atoms with van der Waals surface area (Å²) in [5.41, 5.74) is 0.569. The number of rotatable bonds is 4. The zero-order chi connectivity index (χ0) is 12.1. The molecule has 0 unspecified atom stereocenters. The van der Waals surface area contributed by atoms with Crippen molar-refractivity contribution in [2.24, 2.45) is 7.05 Å². The molecule has 0 saturated carbocycles. The van der Waals surface area contributed by atoms with Crippen molar-refractivity contribution in [1.29, 1.82) is 5.26 Å². The van der Waals surface area contributed by atoms with Crippen LogP contribution in [0.4, 0.5) is 5.82 Å². The molecule has 5 heteroatoms. The molecule has 0 fully saturated rings. The molecule has 86 valence electrons. The van der Waals surface area contributed by atoms with Gasteiger partial charge in [-0.1, -0.05) is 0 Å². The first kappa shape index (κ1) is 11.1. The molecule has 2 heterocycles. The fourth-order valence-electron chi connectivity index (χ4n) is 1.50. The SMILES string of the molecule is Cn1ccnc1CCNc1ccc(C#N)cn1. The minimum Gasteiger partial charge on any atom is -0.370 e. The molecular weight excluding hydrogens is 214 g/mol. The van der Waals surface area contributed by atoms with Crippen LogP contribution in [0.25, 0.3) is 0 Å². The van der Waals surface area contributed by atoms with E-state index in [1.807, 2.05) is 23.9 Å². The van der Waals surface area contributed by atoms with Gasteiger partial charge in [0, 0.05) is 38.6 Å². The average molecular weight is 227 g/mol. The number of aryl methyl sites for hydroxylation is 1. The Bertz CT molecular complexity index is 521. The summed E-state index contributed by atoms with van der Waals surface area (Å²) in [6.07, 6.45) is 6.11. The molecular formula is C12H13N5. The number of aromatic nitrogens is 3. The Balaban J connectivity index is 1.86. The van der Waals surface area contributed by atoms with Gasteiger partial charge in [0.05, 0.1) is 5.56 Å². The predicted octanol–water partition coefficient (Wildman–Crippen LogP) is 1.34. The number of anilines is 1. The molecule has 1 N–H and O–H groups in total. The van der Waals surface area contributed by atoms with Gasteiger partial charge in [-0.05, 0) is 12.1 Å². The second-order valence-corrected chi connectivity index (χ2v) is 3.68. The molecule has 2 aromatic heterocycles. The van der Waals surface area contributed by atoms with Gasteiger partial charge < -0.3 is 9.88 Å². The Kier molecular flexibility index (Phi) is 3.36. The van der Waals surface area contributed by atoms with Gasteiger partial charge in [-0.15, -0.1) is 0 Å². The number of nitrogens with one attached hydrogen (secondary N) is 1. The van der Waals surface area contributed by atoms with Crippen molar-refractivity contribution in [3.63, 3.8) is 0 Å². The number of pyridine rings is 1. The zero-order valence-electron chi connectivity index (χ0n) is 9.59. The quantitative estimate of drug-likeness (QED) is 0.856. The molecule has 5 nitrogen and oxygen atoms in total. The van der Waals surface area contributed by atoms with Crippen molar-refractivity contribution >= 4 is 5.82 Å². The maximum atomic E-state index is 8.64. The van der Waals surface area contributed by atoms with Gasteiger partial charge in [0.25, 0.3) is 0 Å². The topological polar surface area (TPSA) is 66.5 Å². The molecule has 0 aliphatic rings. The van der Waals surface area contributed by atoms with E-state index in [9.17, 15) is 0 Å². The van der Waals surface area contributed by atoms with Crippen LogP contribution in [0.5, 0.6) is 0 Å². The van der Waals surface area contributed by atoms with E-state index in [4.69, 9.17) is 5.26 Å². The van der Waals surface area contributed by atoms with Crippen LogP contribution in [-0.4, -0.2) is 21.1 Å². The second-order valence-electron chi connectivity index (χ2n) is 3.68. The van der Waals surface area contributed by atoms with Gasteiger partial charge in [0.2, 0.25) is 0 Å². The minimum absolute atomic E-state index is 0.569. The first-order valence-corrected chi connectivity index (χ1v) is 5.36. The summed E-state index contributed by atoms with van der Waals surface area (Å²) in [5.74, 6) is 1.81. The normalized spacial score (nSPS) is 9.88. The summed E-state index contributed by atoms with van der Waals surface area (Å²) >= 11 is 0. The summed E-state index contributed by atoms with van der Waals surface area (Å²) in [6.45, 7) is 0.768. The number of nitrogens with zero attached hydrogens (tertiary/aromatic N) is 4. The lowest BCUT2D eigenvalue weighted by Crippen LogP contribution is -2.09. The molecule has 2 rings (SSSR count). The van der Waals surface area contributed by atoms with E-state index in [0.29, 0.717) is 5.56 Å². The maximum Gasteiger partial charge on any atom is 0.125 e. The summed E-state index contributed by atoms with van der Waals surface area (Å²) in [4.78, 5) is 8.36. The molecule has 0 bridgehead atoms. The Labute approximate surface area is 99.7 Å². The van der Waals surface area contributed by atoms with Crippen molar-refractivity contribution in [1.82, 2.24) is 14.5 Å². The van der Waals surface area contributed by atoms with E-state index in [-0.39, 0.29) is 0 Å². The zero-order valence-corrected chi connectivity index (χ0v) is 9.59. The van der Waals surface area contributed by atoms with Gasteiger partial charge in [0.1, 0.15) is 17.7 Å². The molecule has 2 aromatic rings. The number of hydrogen-bond donors (Lipinski definition) is 1. The van der Waals surface area contributed by atoms with Gasteiger partial charge in [-0.3, -0.25) is 0 Å². The van der Waals surface area contributed by atoms with Crippen molar-refractivity contribution in [3.8, 4) is 6.07 Å². The van der Waals surface area contributed by atoms with Gasteiger partial charge in [-0.2, -0.15) is 5.26 Å². The highest BCUT2D eigenvalue weighted by atomic mass is 15.0. The van der Waals surface area contributed by atoms with Crippen LogP contribution in [0, 0.1) is 11.3 Å². The highest BCUT2D eigenvalue weighted by Gasteiger charge is 1.99. The van der Waals surface area contributed by atoms with E-state index < -0.39 is 0 Å². The lowest BCUT2D eigenvalue weighted by Gasteiger charge is -2.05. The van der Waals surface area contributed by atoms with E-state index in [1.165, 1.54) is 0 Å². The fourth-order valence-corrected chi connectivity index (χ4v) is 1.50. The lowest BCUT2D eigenvalue weighted by atomic mass is 10.3. The first-order chi connectivity index (χ1) is 8.29. The molecule has 17 heavy (non-hydrogen) atoms. The number of hydrogen-bond acceptors (Lipinski definition) is 4. The van der Waals surface area contributed by atoms with Crippen LogP contribution in [0.3, 0.4) is 0 Å². The van der Waals surface area contributed by atoms with Crippen LogP contribution < -0.4 is 5.32 Å². The molecule has 0 radical (unpaired) electrons. The Morgan fingerprint density at radius 3 is 2.88 bits per heavy atom. The van der Waals surface area contributed by atoms with Crippen LogP contribution in [0.2, 0.25) is 0 Å². The summed E-state index contributed by atoms with van der Waals surface area (Å²) in [6, 6.07) is 5.59. The second kappa shape index (κ2) is 5.12. The Hall–Kier alpha value is -2.35. The van der Waals surface area contributed by atoms with Crippen molar-refractivity contribution in [3.05, 3.63) is 42.1 Å². The molecule has 0 saturated heterocycles. The highest BCUT2D eigenvalue weighted by molar-refractivity contribution is 5.38. The van der Waals surface area contributed by atoms with Crippen LogP contribution in [-0.2, 0) is 13.5 Å². The summed E-state index contributed by atoms with van der Waals surface area (Å²) in [7, 11) is 1.97. The molecule has 0 atom stereocenters. The summed E-state index contributed by atoms with van der Waals surface area (Å²) in [5, 5.41) is 11.8. The lowest BCUT2D eigenvalue weighted by molar-refractivity contribution is 0.788. The monoisotopic (exact) mass is 227 g/mol. The minimum atomic E-state index is 0.569. The molecule has 0 aromatic carbocycles. The number of nitriles is 1. The third kappa shape index (κ3) is 2.82. The van der Waals surface area contributed by atoms with Crippen molar-refractivity contribution in [2.45, 2.75) is 6.42 Å². The molecule has 0 aliphatic carbocycles. The van der Waals surface area contributed by atoms with Crippen LogP contribution in [0.15, 0.2) is 30.7 Å². The van der Waals surface area contributed by atoms with Gasteiger partial charge >= 0.3 is 0 Å². The summed E-state index contributed by atoms with van der Waals surface area (Å²) < 4.78 is 1.99. The van der Waals surface area contributed by atoms with E-state index >= 15 is 0 Å². The molecule has 0 spiro atoms. The maximum absolute atomic E-state index is 8.64. The number of imidazole rings is 1. The van der Waals surface area contributed by atoms with Gasteiger partial charge in [0.15, 0.2) is 0 Å². The Morgan fingerprint density at radius 1 is 1.41 bits per heavy atom. The van der Waals surface area contributed by atoms with Gasteiger partial charge in [-0.25, -0.2) is 9.97 Å². The fraction of sp³-hybridized carbons (Fsp3) is 0.250. The van der Waals surface area contributed by atoms with Crippen LogP contribution in [0.1, 0.15) is 11.4 Å². The average Bonchev–Trinajstić information content (AvgIpc) is 2.76. The van der Waals surface area contributed by atoms with E-state index in [2.05, 4.69) is 15.3 Å². The highest BCUT2D eigenvalue weighted by Crippen LogP contribution is 2.04. The van der Waals surface area contributed by atoms with E-state index in [1.54, 1.807) is 24.5 Å². The third-order valence-corrected chi connectivity index (χ3v) is 2.47. The smallest absolute Gasteiger partial charge is 0.125 e. The standard InChI is InChI=1S/C12H13N5/c1-17-7-6-15-12(17)4-5-14-11-3-2-10(8-13)9-16-11/h2-3,6-7,9H,4-5H2,1H3,(H,14,16). The van der Waals surface area contributed by atoms with Crippen molar-refractivity contribution < 1.29 is 0 Å². The Morgan fingerprint density at radius 2 is 2.29 bits per heavy atom. The van der Waals surface area contributed by atoms with Crippen LogP contribution >= 0.6 is 0 Å². The molecule has 0 aliphatic heterocycles. The third-order valence-electron chi connectivity index (χ3n) is 2.47. The predicted molar refractivity (Wildman–Crippen MR) is 64.4 cm³/mol. The first-order valence-electron chi connectivity index (χ1n) is 5.36. The van der Waals surface area contributed by atoms with Crippen molar-refractivity contribution in [2.75, 3.05) is 11.9 Å². The largest absolute Gasteiger partial charge is 0.370 e. The van der Waals surface area contributed by atoms with E-state index in [0.717, 1.165) is 24.6 Å². The molecule has 0 amide bonds.